The normalized spacial score (nSPS) is 14.9. The van der Waals surface area contributed by atoms with Crippen LogP contribution in [0.5, 0.6) is 5.88 Å². The van der Waals surface area contributed by atoms with Crippen molar-refractivity contribution in [3.05, 3.63) is 71.3 Å². The summed E-state index contributed by atoms with van der Waals surface area (Å²) in [7, 11) is 0. The van der Waals surface area contributed by atoms with Gasteiger partial charge in [0.25, 0.3) is 0 Å². The number of nitrogens with zero attached hydrogens (tertiary/aromatic N) is 2. The first-order valence-electron chi connectivity index (χ1n) is 8.64. The van der Waals surface area contributed by atoms with Gasteiger partial charge in [0.1, 0.15) is 6.61 Å². The van der Waals surface area contributed by atoms with E-state index < -0.39 is 0 Å². The van der Waals surface area contributed by atoms with Crippen LogP contribution in [0.15, 0.2) is 54.6 Å². The van der Waals surface area contributed by atoms with E-state index in [0.29, 0.717) is 6.61 Å². The molecule has 3 aromatic rings. The van der Waals surface area contributed by atoms with Gasteiger partial charge in [-0.3, -0.25) is 4.90 Å². The highest BCUT2D eigenvalue weighted by atomic mass is 16.5. The number of ether oxygens (including phenoxy) is 1. The molecule has 0 radical (unpaired) electrons. The summed E-state index contributed by atoms with van der Waals surface area (Å²) >= 11 is 0. The molecule has 2 heterocycles. The summed E-state index contributed by atoms with van der Waals surface area (Å²) in [5.41, 5.74) is 4.88. The van der Waals surface area contributed by atoms with Gasteiger partial charge in [0.05, 0.1) is 5.52 Å². The average Bonchev–Trinajstić information content (AvgIpc) is 2.81. The highest BCUT2D eigenvalue weighted by Crippen LogP contribution is 2.28. The van der Waals surface area contributed by atoms with E-state index in [2.05, 4.69) is 66.4 Å². The van der Waals surface area contributed by atoms with E-state index in [1.54, 1.807) is 0 Å². The van der Waals surface area contributed by atoms with Crippen molar-refractivity contribution in [1.29, 1.82) is 0 Å². The molecule has 4 rings (SSSR count). The van der Waals surface area contributed by atoms with E-state index in [0.717, 1.165) is 37.5 Å². The molecule has 0 saturated heterocycles. The summed E-state index contributed by atoms with van der Waals surface area (Å²) in [6.45, 7) is 5.60. The van der Waals surface area contributed by atoms with E-state index in [4.69, 9.17) is 9.72 Å². The van der Waals surface area contributed by atoms with Crippen molar-refractivity contribution in [2.45, 2.75) is 26.4 Å². The Labute approximate surface area is 142 Å². The van der Waals surface area contributed by atoms with E-state index in [1.165, 1.54) is 22.1 Å². The first-order chi connectivity index (χ1) is 11.8. The van der Waals surface area contributed by atoms with Crippen molar-refractivity contribution in [2.75, 3.05) is 13.2 Å². The molecule has 0 fully saturated rings. The molecular weight excluding hydrogens is 296 g/mol. The lowest BCUT2D eigenvalue weighted by atomic mass is 10.1. The number of rotatable bonds is 3. The standard InChI is InChI=1S/C21H22N2O/c1-2-17-9-6-10-18-13-19-15-23(14-16-7-4-3-5-8-16)11-12-24-21(19)22-20(17)18/h3-10,13H,2,11-12,14-15H2,1H3. The number of para-hydroxylation sites is 1. The van der Waals surface area contributed by atoms with Gasteiger partial charge >= 0.3 is 0 Å². The zero-order valence-electron chi connectivity index (χ0n) is 14.0. The molecule has 3 heteroatoms. The summed E-state index contributed by atoms with van der Waals surface area (Å²) in [5, 5.41) is 1.21. The second kappa shape index (κ2) is 6.62. The minimum atomic E-state index is 0.687. The number of hydrogen-bond donors (Lipinski definition) is 0. The third-order valence-electron chi connectivity index (χ3n) is 4.64. The maximum Gasteiger partial charge on any atom is 0.218 e. The largest absolute Gasteiger partial charge is 0.476 e. The Kier molecular flexibility index (Phi) is 4.18. The van der Waals surface area contributed by atoms with Crippen LogP contribution in [0.1, 0.15) is 23.6 Å². The second-order valence-electron chi connectivity index (χ2n) is 6.34. The SMILES string of the molecule is CCc1cccc2cc3c(nc12)OCCN(Cc1ccccc1)C3. The third kappa shape index (κ3) is 3.00. The zero-order chi connectivity index (χ0) is 16.4. The molecule has 0 saturated carbocycles. The van der Waals surface area contributed by atoms with Crippen LogP contribution in [0.25, 0.3) is 10.9 Å². The van der Waals surface area contributed by atoms with Gasteiger partial charge in [-0.2, -0.15) is 0 Å². The fourth-order valence-corrected chi connectivity index (χ4v) is 3.38. The summed E-state index contributed by atoms with van der Waals surface area (Å²) in [6.07, 6.45) is 0.989. The molecule has 0 spiro atoms. The third-order valence-corrected chi connectivity index (χ3v) is 4.64. The molecule has 3 nitrogen and oxygen atoms in total. The van der Waals surface area contributed by atoms with Crippen LogP contribution >= 0.6 is 0 Å². The van der Waals surface area contributed by atoms with Gasteiger partial charge in [-0.05, 0) is 23.6 Å². The minimum absolute atomic E-state index is 0.687. The number of hydrogen-bond acceptors (Lipinski definition) is 3. The molecule has 24 heavy (non-hydrogen) atoms. The van der Waals surface area contributed by atoms with Crippen LogP contribution in [0.2, 0.25) is 0 Å². The maximum absolute atomic E-state index is 5.97. The van der Waals surface area contributed by atoms with Gasteiger partial charge in [-0.1, -0.05) is 55.5 Å². The number of fused-ring (bicyclic) bond motifs is 2. The van der Waals surface area contributed by atoms with Crippen molar-refractivity contribution in [3.8, 4) is 5.88 Å². The Morgan fingerprint density at radius 3 is 2.79 bits per heavy atom. The summed E-state index contributed by atoms with van der Waals surface area (Å²) < 4.78 is 5.97. The van der Waals surface area contributed by atoms with Crippen LogP contribution < -0.4 is 4.74 Å². The average molecular weight is 318 g/mol. The zero-order valence-corrected chi connectivity index (χ0v) is 14.0. The molecule has 0 amide bonds. The first kappa shape index (κ1) is 15.2. The fraction of sp³-hybridized carbons (Fsp3) is 0.286. The molecule has 0 atom stereocenters. The molecule has 0 N–H and O–H groups in total. The number of aromatic nitrogens is 1. The molecule has 1 aliphatic rings. The first-order valence-corrected chi connectivity index (χ1v) is 8.64. The predicted molar refractivity (Wildman–Crippen MR) is 97.2 cm³/mol. The van der Waals surface area contributed by atoms with Gasteiger partial charge in [0.15, 0.2) is 0 Å². The van der Waals surface area contributed by atoms with E-state index in [-0.39, 0.29) is 0 Å². The summed E-state index contributed by atoms with van der Waals surface area (Å²) in [6, 6.07) is 19.3. The van der Waals surface area contributed by atoms with Crippen molar-refractivity contribution < 1.29 is 4.74 Å². The Bertz CT molecular complexity index is 845. The van der Waals surface area contributed by atoms with Crippen molar-refractivity contribution in [1.82, 2.24) is 9.88 Å². The lowest BCUT2D eigenvalue weighted by Gasteiger charge is -2.19. The van der Waals surface area contributed by atoms with E-state index in [9.17, 15) is 0 Å². The van der Waals surface area contributed by atoms with Gasteiger partial charge < -0.3 is 4.74 Å². The Hall–Kier alpha value is -2.39. The monoisotopic (exact) mass is 318 g/mol. The molecule has 0 aliphatic carbocycles. The summed E-state index contributed by atoms with van der Waals surface area (Å²) in [4.78, 5) is 7.27. The number of pyridine rings is 1. The maximum atomic E-state index is 5.97. The lowest BCUT2D eigenvalue weighted by molar-refractivity contribution is 0.217. The quantitative estimate of drug-likeness (QED) is 0.724. The lowest BCUT2D eigenvalue weighted by Crippen LogP contribution is -2.25. The number of aryl methyl sites for hydroxylation is 1. The van der Waals surface area contributed by atoms with Gasteiger partial charge in [0, 0.05) is 30.6 Å². The van der Waals surface area contributed by atoms with Crippen LogP contribution in [-0.4, -0.2) is 23.0 Å². The van der Waals surface area contributed by atoms with Crippen molar-refractivity contribution in [3.63, 3.8) is 0 Å². The predicted octanol–water partition coefficient (Wildman–Crippen LogP) is 4.19. The highest BCUT2D eigenvalue weighted by Gasteiger charge is 2.18. The molecule has 1 aliphatic heterocycles. The second-order valence-corrected chi connectivity index (χ2v) is 6.34. The molecule has 122 valence electrons. The van der Waals surface area contributed by atoms with Crippen LogP contribution in [0.4, 0.5) is 0 Å². The topological polar surface area (TPSA) is 25.4 Å². The molecule has 2 aromatic carbocycles. The Morgan fingerprint density at radius 2 is 1.96 bits per heavy atom. The summed E-state index contributed by atoms with van der Waals surface area (Å²) in [5.74, 6) is 0.805. The molecule has 0 unspecified atom stereocenters. The Balaban J connectivity index is 1.66. The van der Waals surface area contributed by atoms with Gasteiger partial charge in [-0.25, -0.2) is 4.98 Å². The fourth-order valence-electron chi connectivity index (χ4n) is 3.38. The minimum Gasteiger partial charge on any atom is -0.476 e. The van der Waals surface area contributed by atoms with E-state index >= 15 is 0 Å². The molecule has 0 bridgehead atoms. The van der Waals surface area contributed by atoms with Crippen molar-refractivity contribution in [2.24, 2.45) is 0 Å². The van der Waals surface area contributed by atoms with Gasteiger partial charge in [-0.15, -0.1) is 0 Å². The van der Waals surface area contributed by atoms with Crippen LogP contribution in [0, 0.1) is 0 Å². The van der Waals surface area contributed by atoms with Crippen LogP contribution in [0.3, 0.4) is 0 Å². The Morgan fingerprint density at radius 1 is 1.08 bits per heavy atom. The van der Waals surface area contributed by atoms with E-state index in [1.807, 2.05) is 0 Å². The smallest absolute Gasteiger partial charge is 0.218 e. The molecular formula is C21H22N2O. The molecule has 1 aromatic heterocycles. The van der Waals surface area contributed by atoms with Crippen molar-refractivity contribution >= 4 is 10.9 Å². The van der Waals surface area contributed by atoms with Gasteiger partial charge in [0.2, 0.25) is 5.88 Å². The van der Waals surface area contributed by atoms with Crippen LogP contribution in [-0.2, 0) is 19.5 Å². The highest BCUT2D eigenvalue weighted by molar-refractivity contribution is 5.83. The number of benzene rings is 2.